The fourth-order valence-corrected chi connectivity index (χ4v) is 3.60. The minimum atomic E-state index is -0.158. The van der Waals surface area contributed by atoms with Crippen molar-refractivity contribution in [3.05, 3.63) is 55.9 Å². The predicted octanol–water partition coefficient (Wildman–Crippen LogP) is 3.67. The maximum Gasteiger partial charge on any atom is 0.282 e. The van der Waals surface area contributed by atoms with Gasteiger partial charge in [-0.3, -0.25) is 4.79 Å². The van der Waals surface area contributed by atoms with Gasteiger partial charge in [-0.1, -0.05) is 6.92 Å². The van der Waals surface area contributed by atoms with Crippen molar-refractivity contribution >= 4 is 43.7 Å². The van der Waals surface area contributed by atoms with E-state index in [1.54, 1.807) is 24.7 Å². The van der Waals surface area contributed by atoms with Crippen molar-refractivity contribution in [3.8, 4) is 5.75 Å². The van der Waals surface area contributed by atoms with Crippen LogP contribution < -0.4 is 10.3 Å². The maximum atomic E-state index is 12.4. The molecule has 0 spiro atoms. The Morgan fingerprint density at radius 2 is 2.26 bits per heavy atom. The number of aromatic nitrogens is 2. The molecule has 0 radical (unpaired) electrons. The lowest BCUT2D eigenvalue weighted by Gasteiger charge is -2.03. The number of thiophene rings is 1. The van der Waals surface area contributed by atoms with E-state index in [0.717, 1.165) is 31.9 Å². The van der Waals surface area contributed by atoms with E-state index in [2.05, 4.69) is 32.9 Å². The second kappa shape index (κ2) is 6.64. The van der Waals surface area contributed by atoms with Crippen molar-refractivity contribution in [2.45, 2.75) is 13.3 Å². The lowest BCUT2D eigenvalue weighted by atomic mass is 10.2. The zero-order valence-electron chi connectivity index (χ0n) is 12.6. The highest BCUT2D eigenvalue weighted by atomic mass is 79.9. The molecule has 0 unspecified atom stereocenters. The van der Waals surface area contributed by atoms with Gasteiger partial charge >= 0.3 is 0 Å². The zero-order valence-corrected chi connectivity index (χ0v) is 15.0. The van der Waals surface area contributed by atoms with E-state index in [1.807, 2.05) is 24.3 Å². The van der Waals surface area contributed by atoms with Gasteiger partial charge in [0.25, 0.3) is 5.56 Å². The molecule has 0 aliphatic rings. The lowest BCUT2D eigenvalue weighted by Crippen LogP contribution is -2.16. The Morgan fingerprint density at radius 3 is 2.96 bits per heavy atom. The number of methoxy groups -OCH3 is 1. The van der Waals surface area contributed by atoms with Crippen molar-refractivity contribution in [3.63, 3.8) is 0 Å². The van der Waals surface area contributed by atoms with E-state index in [9.17, 15) is 4.79 Å². The molecule has 2 heterocycles. The molecule has 0 N–H and O–H groups in total. The van der Waals surface area contributed by atoms with Crippen molar-refractivity contribution < 1.29 is 4.74 Å². The summed E-state index contributed by atoms with van der Waals surface area (Å²) in [5.74, 6) is 0.743. The van der Waals surface area contributed by atoms with Crippen LogP contribution in [0.1, 0.15) is 17.4 Å². The van der Waals surface area contributed by atoms with Crippen molar-refractivity contribution in [1.29, 1.82) is 0 Å². The molecule has 0 saturated heterocycles. The lowest BCUT2D eigenvalue weighted by molar-refractivity contribution is 0.412. The second-order valence-electron chi connectivity index (χ2n) is 4.82. The first-order valence-electron chi connectivity index (χ1n) is 7.00. The molecule has 0 aliphatic heterocycles. The molecule has 0 fully saturated rings. The molecule has 7 heteroatoms. The van der Waals surface area contributed by atoms with Gasteiger partial charge in [-0.25, -0.2) is 4.98 Å². The number of aryl methyl sites for hydroxylation is 1. The van der Waals surface area contributed by atoms with E-state index in [1.165, 1.54) is 11.0 Å². The van der Waals surface area contributed by atoms with Gasteiger partial charge in [-0.2, -0.15) is 9.78 Å². The van der Waals surface area contributed by atoms with Crippen molar-refractivity contribution in [1.82, 2.24) is 9.66 Å². The standard InChI is InChI=1S/C16H14BrN3O2S/c1-3-11-7-12-15(23-11)18-9-20(16(12)21)19-8-10-4-5-14(22-2)13(17)6-10/h4-9H,3H2,1-2H3/b19-8-. The average Bonchev–Trinajstić information content (AvgIpc) is 2.98. The SMILES string of the molecule is CCc1cc2c(=O)n(/N=C\c3ccc(OC)c(Br)c3)cnc2s1. The zero-order chi connectivity index (χ0) is 16.4. The largest absolute Gasteiger partial charge is 0.496 e. The smallest absolute Gasteiger partial charge is 0.282 e. The summed E-state index contributed by atoms with van der Waals surface area (Å²) in [6, 6.07) is 7.47. The normalized spacial score (nSPS) is 11.4. The van der Waals surface area contributed by atoms with Gasteiger partial charge in [0, 0.05) is 4.88 Å². The van der Waals surface area contributed by atoms with Crippen LogP contribution in [0.4, 0.5) is 0 Å². The number of fused-ring (bicyclic) bond motifs is 1. The average molecular weight is 392 g/mol. The van der Waals surface area contributed by atoms with Crippen LogP contribution in [0.5, 0.6) is 5.75 Å². The van der Waals surface area contributed by atoms with Crippen LogP contribution in [0.15, 0.2) is 45.0 Å². The molecule has 3 rings (SSSR count). The predicted molar refractivity (Wildman–Crippen MR) is 96.9 cm³/mol. The van der Waals surface area contributed by atoms with Crippen LogP contribution in [0.25, 0.3) is 10.2 Å². The third-order valence-corrected chi connectivity index (χ3v) is 5.15. The Balaban J connectivity index is 1.96. The molecule has 0 bridgehead atoms. The molecule has 23 heavy (non-hydrogen) atoms. The minimum Gasteiger partial charge on any atom is -0.496 e. The monoisotopic (exact) mass is 391 g/mol. The third kappa shape index (κ3) is 3.20. The molecular weight excluding hydrogens is 378 g/mol. The summed E-state index contributed by atoms with van der Waals surface area (Å²) in [6.07, 6.45) is 3.96. The summed E-state index contributed by atoms with van der Waals surface area (Å²) >= 11 is 4.97. The number of benzene rings is 1. The van der Waals surface area contributed by atoms with Crippen LogP contribution in [0, 0.1) is 0 Å². The Morgan fingerprint density at radius 1 is 1.43 bits per heavy atom. The van der Waals surface area contributed by atoms with Crippen LogP contribution in [0.2, 0.25) is 0 Å². The number of hydrogen-bond acceptors (Lipinski definition) is 5. The molecule has 3 aromatic rings. The molecule has 118 valence electrons. The first-order chi connectivity index (χ1) is 11.1. The highest BCUT2D eigenvalue weighted by Crippen LogP contribution is 2.25. The topological polar surface area (TPSA) is 56.5 Å². The molecule has 1 aromatic carbocycles. The fourth-order valence-electron chi connectivity index (χ4n) is 2.11. The summed E-state index contributed by atoms with van der Waals surface area (Å²) in [5.41, 5.74) is 0.694. The molecule has 0 saturated carbocycles. The van der Waals surface area contributed by atoms with E-state index in [-0.39, 0.29) is 5.56 Å². The number of hydrogen-bond donors (Lipinski definition) is 0. The summed E-state index contributed by atoms with van der Waals surface area (Å²) < 4.78 is 7.27. The summed E-state index contributed by atoms with van der Waals surface area (Å²) in [4.78, 5) is 18.6. The Hall–Kier alpha value is -1.99. The highest BCUT2D eigenvalue weighted by Gasteiger charge is 2.07. The fraction of sp³-hybridized carbons (Fsp3) is 0.188. The molecule has 2 aromatic heterocycles. The molecular formula is C16H14BrN3O2S. The quantitative estimate of drug-likeness (QED) is 0.637. The summed E-state index contributed by atoms with van der Waals surface area (Å²) in [5, 5.41) is 4.83. The van der Waals surface area contributed by atoms with Crippen LogP contribution in [-0.2, 0) is 6.42 Å². The molecule has 0 atom stereocenters. The minimum absolute atomic E-state index is 0.158. The third-order valence-electron chi connectivity index (χ3n) is 3.34. The first kappa shape index (κ1) is 15.9. The van der Waals surface area contributed by atoms with Crippen molar-refractivity contribution in [2.75, 3.05) is 7.11 Å². The number of nitrogens with zero attached hydrogens (tertiary/aromatic N) is 3. The van der Waals surface area contributed by atoms with E-state index < -0.39 is 0 Å². The highest BCUT2D eigenvalue weighted by molar-refractivity contribution is 9.10. The van der Waals surface area contributed by atoms with Gasteiger partial charge < -0.3 is 4.74 Å². The molecule has 5 nitrogen and oxygen atoms in total. The van der Waals surface area contributed by atoms with E-state index in [0.29, 0.717) is 5.39 Å². The van der Waals surface area contributed by atoms with Gasteiger partial charge in [0.2, 0.25) is 0 Å². The number of halogens is 1. The number of rotatable bonds is 4. The van der Waals surface area contributed by atoms with E-state index >= 15 is 0 Å². The molecule has 0 aliphatic carbocycles. The van der Waals surface area contributed by atoms with Gasteiger partial charge in [-0.05, 0) is 52.2 Å². The number of ether oxygens (including phenoxy) is 1. The maximum absolute atomic E-state index is 12.4. The molecule has 0 amide bonds. The van der Waals surface area contributed by atoms with Gasteiger partial charge in [0.15, 0.2) is 0 Å². The van der Waals surface area contributed by atoms with Crippen LogP contribution >= 0.6 is 27.3 Å². The second-order valence-corrected chi connectivity index (χ2v) is 6.79. The Kier molecular flexibility index (Phi) is 4.58. The van der Waals surface area contributed by atoms with E-state index in [4.69, 9.17) is 4.74 Å². The van der Waals surface area contributed by atoms with Gasteiger partial charge in [-0.15, -0.1) is 11.3 Å². The van der Waals surface area contributed by atoms with Crippen LogP contribution in [0.3, 0.4) is 0 Å². The summed E-state index contributed by atoms with van der Waals surface area (Å²) in [6.45, 7) is 2.06. The van der Waals surface area contributed by atoms with Crippen molar-refractivity contribution in [2.24, 2.45) is 5.10 Å². The first-order valence-corrected chi connectivity index (χ1v) is 8.61. The Bertz CT molecular complexity index is 946. The van der Waals surface area contributed by atoms with Gasteiger partial charge in [0.05, 0.1) is 23.2 Å². The summed E-state index contributed by atoms with van der Waals surface area (Å²) in [7, 11) is 1.61. The Labute approximate surface area is 145 Å². The van der Waals surface area contributed by atoms with Crippen LogP contribution in [-0.4, -0.2) is 23.0 Å². The van der Waals surface area contributed by atoms with Gasteiger partial charge in [0.1, 0.15) is 16.9 Å².